The molecule has 164 valence electrons. The number of hydrogen-bond donors (Lipinski definition) is 0. The van der Waals surface area contributed by atoms with Gasteiger partial charge in [0, 0.05) is 23.5 Å². The molecule has 0 aliphatic rings. The monoisotopic (exact) mass is 510 g/mol. The molecule has 0 spiro atoms. The quantitative estimate of drug-likeness (QED) is 0.190. The Morgan fingerprint density at radius 1 is 0.593 bits per heavy atom. The number of hydrogen-bond acceptors (Lipinski definition) is 7. The first-order valence-corrected chi connectivity index (χ1v) is 13.5. The smallest absolute Gasteiger partial charge is 0.302 e. The van der Waals surface area contributed by atoms with Crippen LogP contribution in [-0.2, 0) is 31.7 Å². The van der Waals surface area contributed by atoms with Crippen LogP contribution in [0.25, 0.3) is 0 Å². The van der Waals surface area contributed by atoms with Gasteiger partial charge in [-0.3, -0.25) is 18.1 Å². The van der Waals surface area contributed by atoms with E-state index in [1.165, 1.54) is 6.92 Å². The molecule has 0 radical (unpaired) electrons. The highest BCUT2D eigenvalue weighted by atomic mass is 35.5. The molecular formula is C14H28Cl4O7P2. The molecule has 0 aliphatic carbocycles. The Labute approximate surface area is 181 Å². The Hall–Kier alpha value is 1.42. The molecule has 5 atom stereocenters. The summed E-state index contributed by atoms with van der Waals surface area (Å²) < 4.78 is 53.3. The highest BCUT2D eigenvalue weighted by molar-refractivity contribution is 7.56. The van der Waals surface area contributed by atoms with Crippen molar-refractivity contribution >= 4 is 61.8 Å². The summed E-state index contributed by atoms with van der Waals surface area (Å²) in [5, 5.41) is 0. The Bertz CT molecular complexity index is 482. The SMILES string of the molecule is CC(CCl)OP(=O)(OC(C)CCl)OC(C)P(=O)(OC(C)CCl)OC(C)CCl. The topological polar surface area (TPSA) is 80.3 Å². The maximum absolute atomic E-state index is 13.3. The average molecular weight is 512 g/mol. The molecule has 0 bridgehead atoms. The lowest BCUT2D eigenvalue weighted by atomic mass is 10.5. The van der Waals surface area contributed by atoms with Gasteiger partial charge >= 0.3 is 15.4 Å². The molecule has 0 saturated heterocycles. The molecule has 0 heterocycles. The molecule has 0 amide bonds. The van der Waals surface area contributed by atoms with Gasteiger partial charge < -0.3 is 9.05 Å². The van der Waals surface area contributed by atoms with Crippen LogP contribution >= 0.6 is 61.8 Å². The van der Waals surface area contributed by atoms with Crippen LogP contribution in [0.5, 0.6) is 0 Å². The van der Waals surface area contributed by atoms with Gasteiger partial charge in [0.15, 0.2) is 5.85 Å². The van der Waals surface area contributed by atoms with E-state index in [-0.39, 0.29) is 23.5 Å². The van der Waals surface area contributed by atoms with E-state index in [1.54, 1.807) is 27.7 Å². The van der Waals surface area contributed by atoms with Gasteiger partial charge in [0.1, 0.15) is 0 Å². The van der Waals surface area contributed by atoms with Crippen molar-refractivity contribution in [1.82, 2.24) is 0 Å². The first-order chi connectivity index (χ1) is 12.4. The van der Waals surface area contributed by atoms with E-state index >= 15 is 0 Å². The summed E-state index contributed by atoms with van der Waals surface area (Å²) in [6, 6.07) is 0. The van der Waals surface area contributed by atoms with E-state index in [2.05, 4.69) is 0 Å². The van der Waals surface area contributed by atoms with Gasteiger partial charge in [-0.25, -0.2) is 4.57 Å². The number of phosphoric ester groups is 1. The summed E-state index contributed by atoms with van der Waals surface area (Å²) in [5.41, 5.74) is 0. The maximum Gasteiger partial charge on any atom is 0.476 e. The summed E-state index contributed by atoms with van der Waals surface area (Å²) >= 11 is 22.9. The summed E-state index contributed by atoms with van der Waals surface area (Å²) in [7, 11) is -8.13. The fourth-order valence-electron chi connectivity index (χ4n) is 1.57. The highest BCUT2D eigenvalue weighted by Gasteiger charge is 2.44. The Balaban J connectivity index is 5.58. The second kappa shape index (κ2) is 13.7. The molecule has 0 rings (SSSR count). The number of alkyl halides is 4. The molecule has 5 unspecified atom stereocenters. The Kier molecular flexibility index (Phi) is 14.4. The van der Waals surface area contributed by atoms with Crippen molar-refractivity contribution in [2.75, 3.05) is 23.5 Å². The molecule has 13 heteroatoms. The average Bonchev–Trinajstić information content (AvgIpc) is 2.60. The third kappa shape index (κ3) is 10.8. The van der Waals surface area contributed by atoms with E-state index in [9.17, 15) is 9.13 Å². The van der Waals surface area contributed by atoms with E-state index in [0.717, 1.165) is 0 Å². The molecule has 0 saturated carbocycles. The molecule has 7 nitrogen and oxygen atoms in total. The number of rotatable bonds is 15. The first kappa shape index (κ1) is 28.4. The maximum atomic E-state index is 13.3. The van der Waals surface area contributed by atoms with Crippen LogP contribution in [-0.4, -0.2) is 53.8 Å². The predicted octanol–water partition coefficient (Wildman–Crippen LogP) is 6.23. The third-order valence-corrected chi connectivity index (χ3v) is 8.89. The fraction of sp³-hybridized carbons (Fsp3) is 1.00. The van der Waals surface area contributed by atoms with Gasteiger partial charge in [0.25, 0.3) is 0 Å². The van der Waals surface area contributed by atoms with Crippen molar-refractivity contribution in [3.8, 4) is 0 Å². The van der Waals surface area contributed by atoms with Crippen LogP contribution in [0.15, 0.2) is 0 Å². The lowest BCUT2D eigenvalue weighted by Crippen LogP contribution is -2.23. The van der Waals surface area contributed by atoms with Gasteiger partial charge in [-0.15, -0.1) is 46.4 Å². The minimum Gasteiger partial charge on any atom is -0.302 e. The van der Waals surface area contributed by atoms with Gasteiger partial charge in [-0.1, -0.05) is 0 Å². The Morgan fingerprint density at radius 2 is 0.889 bits per heavy atom. The fourth-order valence-corrected chi connectivity index (χ4v) is 6.08. The normalized spacial score (nSPS) is 22.3. The highest BCUT2D eigenvalue weighted by Crippen LogP contribution is 2.62. The lowest BCUT2D eigenvalue weighted by Gasteiger charge is -2.31. The van der Waals surface area contributed by atoms with Crippen molar-refractivity contribution < 1.29 is 31.7 Å². The third-order valence-electron chi connectivity index (χ3n) is 2.87. The molecule has 0 aliphatic heterocycles. The molecule has 0 aromatic rings. The molecular weight excluding hydrogens is 484 g/mol. The van der Waals surface area contributed by atoms with E-state index < -0.39 is 45.7 Å². The van der Waals surface area contributed by atoms with Crippen LogP contribution in [0.3, 0.4) is 0 Å². The van der Waals surface area contributed by atoms with Gasteiger partial charge in [0.05, 0.1) is 24.4 Å². The van der Waals surface area contributed by atoms with Crippen LogP contribution in [0.1, 0.15) is 34.6 Å². The number of halogens is 4. The lowest BCUT2D eigenvalue weighted by molar-refractivity contribution is 0.0519. The second-order valence-corrected chi connectivity index (χ2v) is 11.0. The zero-order valence-electron chi connectivity index (χ0n) is 16.0. The van der Waals surface area contributed by atoms with Crippen molar-refractivity contribution in [3.05, 3.63) is 0 Å². The first-order valence-electron chi connectivity index (χ1n) is 8.30. The van der Waals surface area contributed by atoms with Crippen LogP contribution in [0, 0.1) is 0 Å². The van der Waals surface area contributed by atoms with Crippen molar-refractivity contribution in [3.63, 3.8) is 0 Å². The summed E-state index contributed by atoms with van der Waals surface area (Å²) in [6.45, 7) is 7.76. The molecule has 0 aromatic heterocycles. The zero-order valence-corrected chi connectivity index (χ0v) is 20.8. The largest absolute Gasteiger partial charge is 0.476 e. The van der Waals surface area contributed by atoms with Crippen molar-refractivity contribution in [2.45, 2.75) is 64.9 Å². The van der Waals surface area contributed by atoms with Crippen LogP contribution in [0.4, 0.5) is 0 Å². The zero-order chi connectivity index (χ0) is 21.3. The molecule has 27 heavy (non-hydrogen) atoms. The molecule has 0 fully saturated rings. The van der Waals surface area contributed by atoms with Crippen molar-refractivity contribution in [1.29, 1.82) is 0 Å². The minimum absolute atomic E-state index is 0.0393. The van der Waals surface area contributed by atoms with E-state index in [4.69, 9.17) is 69.0 Å². The standard InChI is InChI=1S/C14H28Cl4O7P2/c1-10(6-15)21-26(19,22-11(2)7-16)14(5)25-27(20,23-12(3)8-17)24-13(4)9-18/h10-14H,6-9H2,1-5H3. The van der Waals surface area contributed by atoms with Crippen molar-refractivity contribution in [2.24, 2.45) is 0 Å². The van der Waals surface area contributed by atoms with Gasteiger partial charge in [-0.05, 0) is 34.6 Å². The van der Waals surface area contributed by atoms with Gasteiger partial charge in [-0.2, -0.15) is 0 Å². The predicted molar refractivity (Wildman–Crippen MR) is 111 cm³/mol. The van der Waals surface area contributed by atoms with E-state index in [1.807, 2.05) is 0 Å². The molecule has 0 aromatic carbocycles. The van der Waals surface area contributed by atoms with Crippen LogP contribution in [0.2, 0.25) is 0 Å². The number of phosphoric acid groups is 1. The minimum atomic E-state index is -4.19. The van der Waals surface area contributed by atoms with E-state index in [0.29, 0.717) is 0 Å². The second-order valence-electron chi connectivity index (χ2n) is 5.97. The summed E-state index contributed by atoms with van der Waals surface area (Å²) in [6.07, 6.45) is -2.54. The molecule has 0 N–H and O–H groups in total. The van der Waals surface area contributed by atoms with Gasteiger partial charge in [0.2, 0.25) is 0 Å². The summed E-state index contributed by atoms with van der Waals surface area (Å²) in [4.78, 5) is 0. The van der Waals surface area contributed by atoms with Crippen LogP contribution < -0.4 is 0 Å². The summed E-state index contributed by atoms with van der Waals surface area (Å²) in [5.74, 6) is -1.10. The Morgan fingerprint density at radius 3 is 1.19 bits per heavy atom.